The van der Waals surface area contributed by atoms with Crippen LogP contribution in [0.1, 0.15) is 16.8 Å². The van der Waals surface area contributed by atoms with Crippen LogP contribution in [0.3, 0.4) is 0 Å². The van der Waals surface area contributed by atoms with Crippen LogP contribution in [-0.4, -0.2) is 23.4 Å². The van der Waals surface area contributed by atoms with Gasteiger partial charge in [-0.15, -0.1) is 11.6 Å². The van der Waals surface area contributed by atoms with E-state index in [1.54, 1.807) is 0 Å². The molecule has 2 N–H and O–H groups in total. The van der Waals surface area contributed by atoms with E-state index in [-0.39, 0.29) is 11.3 Å². The van der Waals surface area contributed by atoms with Crippen LogP contribution in [-0.2, 0) is 0 Å². The second-order valence-electron chi connectivity index (χ2n) is 2.96. The second-order valence-corrected chi connectivity index (χ2v) is 3.34. The molecular formula is C10H11ClFNO2. The van der Waals surface area contributed by atoms with E-state index in [2.05, 4.69) is 5.32 Å². The average molecular weight is 232 g/mol. The van der Waals surface area contributed by atoms with Gasteiger partial charge in [-0.1, -0.05) is 0 Å². The van der Waals surface area contributed by atoms with Gasteiger partial charge in [-0.2, -0.15) is 0 Å². The summed E-state index contributed by atoms with van der Waals surface area (Å²) in [6.07, 6.45) is 0.628. The fourth-order valence-electron chi connectivity index (χ4n) is 1.05. The molecule has 0 atom stereocenters. The van der Waals surface area contributed by atoms with Crippen LogP contribution in [0.2, 0.25) is 0 Å². The first-order valence-corrected chi connectivity index (χ1v) is 5.01. The fourth-order valence-corrected chi connectivity index (χ4v) is 1.19. The van der Waals surface area contributed by atoms with Gasteiger partial charge in [-0.05, 0) is 24.6 Å². The van der Waals surface area contributed by atoms with Gasteiger partial charge in [0.05, 0.1) is 5.56 Å². The molecule has 0 radical (unpaired) electrons. The van der Waals surface area contributed by atoms with E-state index in [4.69, 9.17) is 11.6 Å². The molecule has 0 aliphatic heterocycles. The number of hydrogen-bond donors (Lipinski definition) is 2. The zero-order valence-corrected chi connectivity index (χ0v) is 8.72. The summed E-state index contributed by atoms with van der Waals surface area (Å²) in [7, 11) is 0. The number of amides is 1. The summed E-state index contributed by atoms with van der Waals surface area (Å²) in [5.74, 6) is -0.859. The number of carbonyl (C=O) groups excluding carboxylic acids is 1. The maximum atomic E-state index is 12.8. The molecule has 0 unspecified atom stereocenters. The summed E-state index contributed by atoms with van der Waals surface area (Å²) in [5, 5.41) is 11.8. The minimum atomic E-state index is -0.560. The van der Waals surface area contributed by atoms with E-state index < -0.39 is 11.7 Å². The molecule has 0 saturated heterocycles. The normalized spacial score (nSPS) is 10.0. The summed E-state index contributed by atoms with van der Waals surface area (Å²) in [6.45, 7) is 0.401. The molecule has 0 aliphatic rings. The molecule has 5 heteroatoms. The van der Waals surface area contributed by atoms with Gasteiger partial charge in [0.15, 0.2) is 0 Å². The molecule has 0 spiro atoms. The van der Waals surface area contributed by atoms with Crippen molar-refractivity contribution in [3.05, 3.63) is 29.6 Å². The van der Waals surface area contributed by atoms with Crippen molar-refractivity contribution >= 4 is 17.5 Å². The van der Waals surface area contributed by atoms with Gasteiger partial charge in [0.2, 0.25) is 0 Å². The van der Waals surface area contributed by atoms with Crippen LogP contribution in [0.25, 0.3) is 0 Å². The first-order valence-electron chi connectivity index (χ1n) is 4.48. The molecule has 0 heterocycles. The average Bonchev–Trinajstić information content (AvgIpc) is 2.22. The molecule has 1 amide bonds. The maximum absolute atomic E-state index is 12.8. The summed E-state index contributed by atoms with van der Waals surface area (Å²) >= 11 is 5.43. The first kappa shape index (κ1) is 11.8. The van der Waals surface area contributed by atoms with Crippen LogP contribution < -0.4 is 5.32 Å². The van der Waals surface area contributed by atoms with Crippen molar-refractivity contribution in [3.8, 4) is 5.75 Å². The summed E-state index contributed by atoms with van der Waals surface area (Å²) in [5.41, 5.74) is -0.0652. The Morgan fingerprint density at radius 3 is 2.93 bits per heavy atom. The highest BCUT2D eigenvalue weighted by Gasteiger charge is 2.11. The van der Waals surface area contributed by atoms with Gasteiger partial charge in [-0.25, -0.2) is 4.39 Å². The zero-order valence-electron chi connectivity index (χ0n) is 7.96. The summed E-state index contributed by atoms with van der Waals surface area (Å²) < 4.78 is 12.8. The number of phenolic OH excluding ortho intramolecular Hbond substituents is 1. The Morgan fingerprint density at radius 2 is 2.27 bits per heavy atom. The van der Waals surface area contributed by atoms with Crippen molar-refractivity contribution < 1.29 is 14.3 Å². The predicted octanol–water partition coefficient (Wildman–Crippen LogP) is 1.89. The molecular weight excluding hydrogens is 221 g/mol. The van der Waals surface area contributed by atoms with Crippen LogP contribution in [0.5, 0.6) is 5.75 Å². The lowest BCUT2D eigenvalue weighted by Crippen LogP contribution is -2.24. The molecule has 0 aromatic heterocycles. The van der Waals surface area contributed by atoms with Crippen molar-refractivity contribution in [2.24, 2.45) is 0 Å². The Morgan fingerprint density at radius 1 is 1.53 bits per heavy atom. The van der Waals surface area contributed by atoms with Crippen LogP contribution in [0.4, 0.5) is 4.39 Å². The predicted molar refractivity (Wildman–Crippen MR) is 55.7 cm³/mol. The monoisotopic (exact) mass is 231 g/mol. The number of rotatable bonds is 4. The number of benzene rings is 1. The molecule has 1 rings (SSSR count). The minimum absolute atomic E-state index is 0.0652. The number of hydrogen-bond acceptors (Lipinski definition) is 2. The summed E-state index contributed by atoms with van der Waals surface area (Å²) in [4.78, 5) is 11.4. The number of halogens is 2. The second kappa shape index (κ2) is 5.56. The van der Waals surface area contributed by atoms with Crippen LogP contribution >= 0.6 is 11.6 Å². The SMILES string of the molecule is O=C(NCCCCl)c1cc(F)ccc1O. The van der Waals surface area contributed by atoms with E-state index in [1.165, 1.54) is 0 Å². The van der Waals surface area contributed by atoms with Gasteiger partial charge in [0, 0.05) is 12.4 Å². The van der Waals surface area contributed by atoms with Crippen molar-refractivity contribution in [1.82, 2.24) is 5.32 Å². The van der Waals surface area contributed by atoms with Gasteiger partial charge in [0.1, 0.15) is 11.6 Å². The highest BCUT2D eigenvalue weighted by molar-refractivity contribution is 6.17. The third-order valence-electron chi connectivity index (χ3n) is 1.80. The van der Waals surface area contributed by atoms with E-state index >= 15 is 0 Å². The van der Waals surface area contributed by atoms with E-state index in [1.807, 2.05) is 0 Å². The standard InChI is InChI=1S/C10H11ClFNO2/c11-4-1-5-13-10(15)8-6-7(12)2-3-9(8)14/h2-3,6,14H,1,4-5H2,(H,13,15). The third kappa shape index (κ3) is 3.40. The largest absolute Gasteiger partial charge is 0.507 e. The molecule has 0 aliphatic carbocycles. The smallest absolute Gasteiger partial charge is 0.255 e. The van der Waals surface area contributed by atoms with Gasteiger partial charge in [0.25, 0.3) is 5.91 Å². The topological polar surface area (TPSA) is 49.3 Å². The Labute approximate surface area is 91.9 Å². The highest BCUT2D eigenvalue weighted by Crippen LogP contribution is 2.17. The van der Waals surface area contributed by atoms with Crippen LogP contribution in [0, 0.1) is 5.82 Å². The van der Waals surface area contributed by atoms with Crippen molar-refractivity contribution in [2.75, 3.05) is 12.4 Å². The van der Waals surface area contributed by atoms with Crippen molar-refractivity contribution in [1.29, 1.82) is 0 Å². The molecule has 1 aromatic carbocycles. The van der Waals surface area contributed by atoms with E-state index in [9.17, 15) is 14.3 Å². The van der Waals surface area contributed by atoms with Gasteiger partial charge < -0.3 is 10.4 Å². The number of aromatic hydroxyl groups is 1. The molecule has 3 nitrogen and oxygen atoms in total. The lowest BCUT2D eigenvalue weighted by Gasteiger charge is -2.05. The Balaban J connectivity index is 2.68. The highest BCUT2D eigenvalue weighted by atomic mass is 35.5. The number of phenols is 1. The first-order chi connectivity index (χ1) is 7.15. The molecule has 15 heavy (non-hydrogen) atoms. The van der Waals surface area contributed by atoms with Gasteiger partial charge >= 0.3 is 0 Å². The lowest BCUT2D eigenvalue weighted by atomic mass is 10.2. The van der Waals surface area contributed by atoms with E-state index in [0.717, 1.165) is 18.2 Å². The molecule has 0 fully saturated rings. The Hall–Kier alpha value is -1.29. The Kier molecular flexibility index (Phi) is 4.37. The van der Waals surface area contributed by atoms with Crippen molar-refractivity contribution in [2.45, 2.75) is 6.42 Å². The Bertz CT molecular complexity index is 357. The minimum Gasteiger partial charge on any atom is -0.507 e. The third-order valence-corrected chi connectivity index (χ3v) is 2.07. The number of nitrogens with one attached hydrogen (secondary N) is 1. The lowest BCUT2D eigenvalue weighted by molar-refractivity contribution is 0.0950. The number of alkyl halides is 1. The fraction of sp³-hybridized carbons (Fsp3) is 0.300. The zero-order chi connectivity index (χ0) is 11.3. The van der Waals surface area contributed by atoms with Crippen LogP contribution in [0.15, 0.2) is 18.2 Å². The number of carbonyl (C=O) groups is 1. The van der Waals surface area contributed by atoms with Crippen molar-refractivity contribution in [3.63, 3.8) is 0 Å². The quantitative estimate of drug-likeness (QED) is 0.614. The molecule has 82 valence electrons. The van der Waals surface area contributed by atoms with E-state index in [0.29, 0.717) is 18.8 Å². The maximum Gasteiger partial charge on any atom is 0.255 e. The van der Waals surface area contributed by atoms with Gasteiger partial charge in [-0.3, -0.25) is 4.79 Å². The molecule has 1 aromatic rings. The summed E-state index contributed by atoms with van der Waals surface area (Å²) in [6, 6.07) is 3.22. The molecule has 0 bridgehead atoms. The molecule has 0 saturated carbocycles.